The first-order chi connectivity index (χ1) is 30.4. The molecule has 2 amide bonds. The van der Waals surface area contributed by atoms with Gasteiger partial charge in [-0.05, 0) is 65.6 Å². The summed E-state index contributed by atoms with van der Waals surface area (Å²) in [5, 5.41) is 5.57. The molecule has 3 atom stereocenters. The number of hydrogen-bond acceptors (Lipinski definition) is 12. The maximum atomic E-state index is 14.3. The lowest BCUT2D eigenvalue weighted by molar-refractivity contribution is -0.164. The summed E-state index contributed by atoms with van der Waals surface area (Å²) < 4.78 is 61.0. The second kappa shape index (κ2) is 17.9. The van der Waals surface area contributed by atoms with E-state index in [-0.39, 0.29) is 54.0 Å². The number of rotatable bonds is 16. The quantitative estimate of drug-likeness (QED) is 0.0759. The molecule has 0 spiro atoms. The van der Waals surface area contributed by atoms with E-state index in [1.807, 2.05) is 48.5 Å². The number of nitrogens with one attached hydrogen (secondary N) is 1. The zero-order chi connectivity index (χ0) is 44.3. The third-order valence-corrected chi connectivity index (χ3v) is 14.4. The molecule has 16 heteroatoms. The number of esters is 1. The smallest absolute Gasteiger partial charge is 0.331 e. The lowest BCUT2D eigenvalue weighted by atomic mass is 9.93. The summed E-state index contributed by atoms with van der Waals surface area (Å²) in [5.41, 5.74) is 2.88. The SMILES string of the molecule is COc1ccc(COc2ccc(C(=O)NCc3cc(C4(C)C(C(=O)OC(c5ccccc5)c5ccccc5)N5C(=O)CC5S4(=O)=O)no3)c(Cl)c2OCc2ccc(OC)cc2)cc1. The fourth-order valence-corrected chi connectivity index (χ4v) is 10.3. The third-order valence-electron chi connectivity index (χ3n) is 11.3. The van der Waals surface area contributed by atoms with Crippen LogP contribution in [0.15, 0.2) is 132 Å². The molecule has 2 aliphatic heterocycles. The fraction of sp³-hybridized carbons (Fsp3) is 0.234. The minimum Gasteiger partial charge on any atom is -0.497 e. The van der Waals surface area contributed by atoms with Crippen LogP contribution in [0.3, 0.4) is 0 Å². The van der Waals surface area contributed by atoms with Crippen LogP contribution in [0.4, 0.5) is 0 Å². The van der Waals surface area contributed by atoms with Crippen molar-refractivity contribution in [3.8, 4) is 23.0 Å². The van der Waals surface area contributed by atoms with Crippen molar-refractivity contribution in [1.29, 1.82) is 0 Å². The second-order valence-corrected chi connectivity index (χ2v) is 17.9. The molecule has 0 saturated carbocycles. The summed E-state index contributed by atoms with van der Waals surface area (Å²) in [6, 6.07) is 35.5. The molecule has 3 unspecified atom stereocenters. The Labute approximate surface area is 368 Å². The van der Waals surface area contributed by atoms with E-state index in [1.54, 1.807) is 80.9 Å². The van der Waals surface area contributed by atoms with Crippen molar-refractivity contribution < 1.29 is 51.0 Å². The molecule has 0 radical (unpaired) electrons. The average Bonchev–Trinajstić information content (AvgIpc) is 3.84. The van der Waals surface area contributed by atoms with E-state index in [0.29, 0.717) is 28.4 Å². The van der Waals surface area contributed by atoms with Crippen LogP contribution in [-0.4, -0.2) is 61.9 Å². The van der Waals surface area contributed by atoms with Gasteiger partial charge in [0.05, 0.1) is 37.8 Å². The molecule has 14 nitrogen and oxygen atoms in total. The van der Waals surface area contributed by atoms with Crippen LogP contribution >= 0.6 is 11.6 Å². The van der Waals surface area contributed by atoms with E-state index < -0.39 is 49.9 Å². The molecule has 0 bridgehead atoms. The van der Waals surface area contributed by atoms with Crippen LogP contribution in [0.1, 0.15) is 63.5 Å². The zero-order valence-corrected chi connectivity index (χ0v) is 35.9. The minimum atomic E-state index is -4.26. The van der Waals surface area contributed by atoms with Crippen molar-refractivity contribution in [3.05, 3.63) is 172 Å². The molecule has 0 aliphatic carbocycles. The van der Waals surface area contributed by atoms with Gasteiger partial charge in [0.1, 0.15) is 40.5 Å². The maximum absolute atomic E-state index is 14.3. The molecular weight excluding hydrogens is 850 g/mol. The highest BCUT2D eigenvalue weighted by atomic mass is 35.5. The van der Waals surface area contributed by atoms with Crippen LogP contribution in [-0.2, 0) is 48.7 Å². The van der Waals surface area contributed by atoms with Gasteiger partial charge < -0.3 is 38.4 Å². The lowest BCUT2D eigenvalue weighted by Crippen LogP contribution is -2.57. The zero-order valence-electron chi connectivity index (χ0n) is 34.4. The average molecular weight is 892 g/mol. The Balaban J connectivity index is 1.02. The second-order valence-electron chi connectivity index (χ2n) is 15.0. The molecular formula is C47H42ClN3O11S. The predicted molar refractivity (Wildman–Crippen MR) is 230 cm³/mol. The number of fused-ring (bicyclic) bond motifs is 1. The number of carbonyl (C=O) groups excluding carboxylic acids is 3. The molecule has 5 aromatic carbocycles. The highest BCUT2D eigenvalue weighted by Gasteiger charge is 2.72. The van der Waals surface area contributed by atoms with E-state index in [1.165, 1.54) is 19.1 Å². The number of nitrogens with zero attached hydrogens (tertiary/aromatic N) is 2. The third kappa shape index (κ3) is 8.29. The highest BCUT2D eigenvalue weighted by molar-refractivity contribution is 7.93. The fourth-order valence-electron chi connectivity index (χ4n) is 7.68. The minimum absolute atomic E-state index is 0.0177. The summed E-state index contributed by atoms with van der Waals surface area (Å²) in [5.74, 6) is -0.184. The first-order valence-corrected chi connectivity index (χ1v) is 21.8. The summed E-state index contributed by atoms with van der Waals surface area (Å²) >= 11 is 6.89. The van der Waals surface area contributed by atoms with Gasteiger partial charge in [-0.3, -0.25) is 9.59 Å². The summed E-state index contributed by atoms with van der Waals surface area (Å²) in [6.07, 6.45) is -1.19. The number of methoxy groups -OCH3 is 2. The van der Waals surface area contributed by atoms with E-state index in [9.17, 15) is 22.8 Å². The highest BCUT2D eigenvalue weighted by Crippen LogP contribution is 2.52. The Bertz CT molecular complexity index is 2690. The molecule has 6 aromatic rings. The van der Waals surface area contributed by atoms with Crippen LogP contribution in [0, 0.1) is 0 Å². The van der Waals surface area contributed by atoms with Crippen molar-refractivity contribution in [3.63, 3.8) is 0 Å². The maximum Gasteiger partial charge on any atom is 0.331 e. The van der Waals surface area contributed by atoms with E-state index in [2.05, 4.69) is 10.5 Å². The summed E-state index contributed by atoms with van der Waals surface area (Å²) in [4.78, 5) is 42.2. The Kier molecular flexibility index (Phi) is 12.1. The molecule has 63 heavy (non-hydrogen) atoms. The number of benzene rings is 5. The molecule has 8 rings (SSSR count). The molecule has 324 valence electrons. The van der Waals surface area contributed by atoms with Crippen LogP contribution in [0.5, 0.6) is 23.0 Å². The number of aromatic nitrogens is 1. The number of amides is 2. The van der Waals surface area contributed by atoms with Crippen molar-refractivity contribution in [2.75, 3.05) is 14.2 Å². The molecule has 2 fully saturated rings. The number of sulfone groups is 1. The van der Waals surface area contributed by atoms with Gasteiger partial charge in [0, 0.05) is 6.07 Å². The van der Waals surface area contributed by atoms with Gasteiger partial charge in [-0.15, -0.1) is 0 Å². The molecule has 2 saturated heterocycles. The van der Waals surface area contributed by atoms with Crippen molar-refractivity contribution in [1.82, 2.24) is 15.4 Å². The van der Waals surface area contributed by atoms with E-state index in [0.717, 1.165) is 16.0 Å². The Morgan fingerprint density at radius 2 is 1.41 bits per heavy atom. The molecule has 1 aromatic heterocycles. The summed E-state index contributed by atoms with van der Waals surface area (Å²) in [6.45, 7) is 1.35. The number of carbonyl (C=O) groups is 3. The first kappa shape index (κ1) is 42.8. The van der Waals surface area contributed by atoms with Crippen LogP contribution in [0.25, 0.3) is 0 Å². The lowest BCUT2D eigenvalue weighted by Gasteiger charge is -2.37. The number of β-lactam (4-membered cyclic amide) rings is 1. The first-order valence-electron chi connectivity index (χ1n) is 19.9. The van der Waals surface area contributed by atoms with E-state index in [4.69, 9.17) is 39.8 Å². The number of hydrogen-bond donors (Lipinski definition) is 1. The van der Waals surface area contributed by atoms with Gasteiger partial charge in [0.15, 0.2) is 39.2 Å². The van der Waals surface area contributed by atoms with Crippen LogP contribution < -0.4 is 24.3 Å². The molecule has 3 heterocycles. The van der Waals surface area contributed by atoms with Gasteiger partial charge in [-0.1, -0.05) is 102 Å². The van der Waals surface area contributed by atoms with Gasteiger partial charge in [-0.2, -0.15) is 0 Å². The largest absolute Gasteiger partial charge is 0.497 e. The van der Waals surface area contributed by atoms with Crippen molar-refractivity contribution >= 4 is 39.2 Å². The molecule has 1 N–H and O–H groups in total. The monoisotopic (exact) mass is 891 g/mol. The van der Waals surface area contributed by atoms with Crippen LogP contribution in [0.2, 0.25) is 5.02 Å². The standard InChI is InChI=1S/C47H42ClN3O11S/c1-47(44(51-39(52)25-40(51)63(47,55)56)46(54)61-42(31-10-6-4-7-11-31)32-12-8-5-9-13-32)38-24-35(62-50-38)26-49-45(53)36-22-23-37(59-27-29-14-18-33(57-2)19-15-29)43(41(36)48)60-28-30-16-20-34(58-3)21-17-30/h4-24,40,42,44H,25-28H2,1-3H3,(H,49,53). The van der Waals surface area contributed by atoms with E-state index >= 15 is 0 Å². The van der Waals surface area contributed by atoms with Gasteiger partial charge >= 0.3 is 5.97 Å². The van der Waals surface area contributed by atoms with Gasteiger partial charge in [-0.25, -0.2) is 13.2 Å². The predicted octanol–water partition coefficient (Wildman–Crippen LogP) is 7.34. The Morgan fingerprint density at radius 1 is 0.841 bits per heavy atom. The normalized spacial score (nSPS) is 18.6. The van der Waals surface area contributed by atoms with Gasteiger partial charge in [0.2, 0.25) is 5.91 Å². The number of ether oxygens (including phenoxy) is 5. The Morgan fingerprint density at radius 3 is 1.97 bits per heavy atom. The van der Waals surface area contributed by atoms with Crippen molar-refractivity contribution in [2.24, 2.45) is 0 Å². The Hall–Kier alpha value is -6.84. The topological polar surface area (TPSA) is 173 Å². The van der Waals surface area contributed by atoms with Gasteiger partial charge in [0.25, 0.3) is 5.91 Å². The molecule has 2 aliphatic rings. The van der Waals surface area contributed by atoms with Crippen molar-refractivity contribution in [2.45, 2.75) is 55.4 Å². The number of halogens is 1. The summed E-state index contributed by atoms with van der Waals surface area (Å²) in [7, 11) is -1.11.